The lowest BCUT2D eigenvalue weighted by molar-refractivity contribution is -0.695. The van der Waals surface area contributed by atoms with Crippen LogP contribution in [0.25, 0.3) is 5.76 Å². The van der Waals surface area contributed by atoms with Crippen molar-refractivity contribution in [3.63, 3.8) is 0 Å². The fourth-order valence-electron chi connectivity index (χ4n) is 4.45. The zero-order valence-electron chi connectivity index (χ0n) is 17.6. The minimum atomic E-state index is -0.701. The summed E-state index contributed by atoms with van der Waals surface area (Å²) in [5.41, 5.74) is 1.41. The Labute approximate surface area is 189 Å². The topological polar surface area (TPSA) is 89.3 Å². The molecule has 2 aromatic heterocycles. The van der Waals surface area contributed by atoms with Gasteiger partial charge in [0.25, 0.3) is 5.91 Å². The molecular weight excluding hydrogens is 426 g/mol. The van der Waals surface area contributed by atoms with Gasteiger partial charge in [0.15, 0.2) is 0 Å². The smallest absolute Gasteiger partial charge is 0.295 e. The molecule has 2 unspecified atom stereocenters. The largest absolute Gasteiger partial charge is 0.872 e. The van der Waals surface area contributed by atoms with E-state index in [0.717, 1.165) is 22.6 Å². The van der Waals surface area contributed by atoms with Crippen molar-refractivity contribution >= 4 is 28.8 Å². The lowest BCUT2D eigenvalue weighted by atomic mass is 9.98. The number of nitrogens with zero attached hydrogens (tertiary/aromatic N) is 2. The number of fused-ring (bicyclic) bond motifs is 1. The predicted octanol–water partition coefficient (Wildman–Crippen LogP) is 2.00. The van der Waals surface area contributed by atoms with Crippen molar-refractivity contribution in [1.29, 1.82) is 0 Å². The number of Topliss-reactive ketones (excluding diaryl/α,β-unsaturated/α-hetero) is 1. The molecule has 4 heterocycles. The number of ether oxygens (including phenoxy) is 1. The van der Waals surface area contributed by atoms with Crippen LogP contribution in [0.5, 0.6) is 5.75 Å². The number of aromatic amines is 1. The Morgan fingerprint density at radius 3 is 2.97 bits per heavy atom. The highest BCUT2D eigenvalue weighted by Gasteiger charge is 2.44. The van der Waals surface area contributed by atoms with Crippen LogP contribution in [0.1, 0.15) is 35.4 Å². The summed E-state index contributed by atoms with van der Waals surface area (Å²) in [7, 11) is 0. The third-order valence-corrected chi connectivity index (χ3v) is 6.84. The molecule has 32 heavy (non-hydrogen) atoms. The van der Waals surface area contributed by atoms with Gasteiger partial charge in [0.2, 0.25) is 12.1 Å². The first-order valence-electron chi connectivity index (χ1n) is 10.6. The van der Waals surface area contributed by atoms with E-state index in [2.05, 4.69) is 4.98 Å². The Bertz CT molecular complexity index is 1180. The van der Waals surface area contributed by atoms with Crippen molar-refractivity contribution in [1.82, 2.24) is 9.88 Å². The molecule has 1 fully saturated rings. The summed E-state index contributed by atoms with van der Waals surface area (Å²) < 4.78 is 7.71. The third kappa shape index (κ3) is 3.60. The Balaban J connectivity index is 1.49. The monoisotopic (exact) mass is 449 g/mol. The van der Waals surface area contributed by atoms with Crippen molar-refractivity contribution in [2.24, 2.45) is 0 Å². The maximum Gasteiger partial charge on any atom is 0.295 e. The summed E-state index contributed by atoms with van der Waals surface area (Å²) in [5.74, 6) is -0.921. The van der Waals surface area contributed by atoms with Gasteiger partial charge >= 0.3 is 0 Å². The molecule has 2 aliphatic rings. The van der Waals surface area contributed by atoms with E-state index >= 15 is 0 Å². The maximum atomic E-state index is 13.5. The van der Waals surface area contributed by atoms with Gasteiger partial charge in [-0.05, 0) is 41.6 Å². The van der Waals surface area contributed by atoms with Crippen LogP contribution in [0.4, 0.5) is 0 Å². The number of likely N-dealkylation sites (tertiary alicyclic amines) is 1. The summed E-state index contributed by atoms with van der Waals surface area (Å²) in [6.07, 6.45) is 7.02. The van der Waals surface area contributed by atoms with E-state index in [-0.39, 0.29) is 17.4 Å². The molecule has 3 aromatic rings. The van der Waals surface area contributed by atoms with E-state index in [1.807, 2.05) is 47.7 Å². The molecule has 1 N–H and O–H groups in total. The van der Waals surface area contributed by atoms with Crippen LogP contribution in [0.2, 0.25) is 0 Å². The second-order valence-electron chi connectivity index (χ2n) is 8.15. The first-order chi connectivity index (χ1) is 15.5. The van der Waals surface area contributed by atoms with Crippen LogP contribution >= 0.6 is 11.3 Å². The molecule has 1 saturated heterocycles. The van der Waals surface area contributed by atoms with Crippen LogP contribution in [-0.2, 0) is 22.6 Å². The van der Waals surface area contributed by atoms with Crippen LogP contribution in [-0.4, -0.2) is 34.2 Å². The van der Waals surface area contributed by atoms with Gasteiger partial charge in [0, 0.05) is 29.8 Å². The summed E-state index contributed by atoms with van der Waals surface area (Å²) in [6, 6.07) is 8.35. The molecule has 0 saturated carbocycles. The van der Waals surface area contributed by atoms with Gasteiger partial charge in [-0.15, -0.1) is 11.3 Å². The minimum absolute atomic E-state index is 0.0404. The molecule has 0 spiro atoms. The predicted molar refractivity (Wildman–Crippen MR) is 117 cm³/mol. The Morgan fingerprint density at radius 1 is 1.34 bits per heavy atom. The number of amides is 1. The van der Waals surface area contributed by atoms with Gasteiger partial charge in [-0.2, -0.15) is 0 Å². The summed E-state index contributed by atoms with van der Waals surface area (Å²) in [6.45, 7) is 3.06. The van der Waals surface area contributed by atoms with Crippen LogP contribution < -0.4 is 14.4 Å². The number of thiophene rings is 1. The van der Waals surface area contributed by atoms with Gasteiger partial charge < -0.3 is 14.7 Å². The summed E-state index contributed by atoms with van der Waals surface area (Å²) in [5, 5.41) is 15.4. The average Bonchev–Trinajstić information content (AvgIpc) is 3.57. The Hall–Kier alpha value is -3.39. The Morgan fingerprint density at radius 2 is 2.22 bits per heavy atom. The van der Waals surface area contributed by atoms with Gasteiger partial charge in [-0.25, -0.2) is 4.57 Å². The molecule has 2 aliphatic heterocycles. The molecule has 5 rings (SSSR count). The number of H-pyrrole nitrogens is 1. The SMILES string of the molecule is CC1Cc2cc(C([O-])=C3C(=O)C(=O)N(CCC[n+]4cc[nH]c4)C3c3cccs3)ccc2O1. The number of nitrogens with one attached hydrogen (secondary N) is 1. The van der Waals surface area contributed by atoms with E-state index < -0.39 is 17.7 Å². The molecule has 7 nitrogen and oxygen atoms in total. The number of carbonyl (C=O) groups excluding carboxylic acids is 2. The fraction of sp³-hybridized carbons (Fsp3) is 0.292. The van der Waals surface area contributed by atoms with Gasteiger partial charge in [-0.3, -0.25) is 14.6 Å². The number of carbonyl (C=O) groups is 2. The first kappa shape index (κ1) is 20.5. The molecular formula is C24H23N3O4S. The number of imidazole rings is 1. The zero-order chi connectivity index (χ0) is 22.2. The van der Waals surface area contributed by atoms with Crippen molar-refractivity contribution in [3.8, 4) is 5.75 Å². The lowest BCUT2D eigenvalue weighted by Crippen LogP contribution is -2.35. The first-order valence-corrected chi connectivity index (χ1v) is 11.5. The number of hydrogen-bond acceptors (Lipinski definition) is 5. The number of rotatable bonds is 6. The van der Waals surface area contributed by atoms with Crippen molar-refractivity contribution < 1.29 is 24.0 Å². The molecule has 0 aliphatic carbocycles. The van der Waals surface area contributed by atoms with Gasteiger partial charge in [0.05, 0.1) is 12.6 Å². The van der Waals surface area contributed by atoms with E-state index in [9.17, 15) is 14.7 Å². The van der Waals surface area contributed by atoms with E-state index in [4.69, 9.17) is 4.74 Å². The highest BCUT2D eigenvalue weighted by atomic mass is 32.1. The molecule has 0 bridgehead atoms. The zero-order valence-corrected chi connectivity index (χ0v) is 18.4. The fourth-order valence-corrected chi connectivity index (χ4v) is 5.29. The van der Waals surface area contributed by atoms with E-state index in [1.54, 1.807) is 23.1 Å². The van der Waals surface area contributed by atoms with Crippen molar-refractivity contribution in [2.45, 2.75) is 38.5 Å². The molecule has 1 amide bonds. The quantitative estimate of drug-likeness (QED) is 0.270. The van der Waals surface area contributed by atoms with Crippen LogP contribution in [0, 0.1) is 0 Å². The average molecular weight is 450 g/mol. The van der Waals surface area contributed by atoms with Gasteiger partial charge in [0.1, 0.15) is 24.2 Å². The summed E-state index contributed by atoms with van der Waals surface area (Å²) >= 11 is 1.45. The van der Waals surface area contributed by atoms with Crippen molar-refractivity contribution in [3.05, 3.63) is 76.0 Å². The molecule has 0 radical (unpaired) electrons. The second-order valence-corrected chi connectivity index (χ2v) is 9.13. The number of aromatic nitrogens is 2. The van der Waals surface area contributed by atoms with E-state index in [1.165, 1.54) is 11.3 Å². The minimum Gasteiger partial charge on any atom is -0.872 e. The van der Waals surface area contributed by atoms with Crippen LogP contribution in [0.15, 0.2) is 60.0 Å². The normalized spacial score (nSPS) is 21.7. The molecule has 8 heteroatoms. The van der Waals surface area contributed by atoms with Crippen LogP contribution in [0.3, 0.4) is 0 Å². The van der Waals surface area contributed by atoms with E-state index in [0.29, 0.717) is 25.1 Å². The highest BCUT2D eigenvalue weighted by molar-refractivity contribution is 7.10. The number of hydrogen-bond donors (Lipinski definition) is 1. The summed E-state index contributed by atoms with van der Waals surface area (Å²) in [4.78, 5) is 31.3. The number of benzene rings is 1. The maximum absolute atomic E-state index is 13.5. The second kappa shape index (κ2) is 8.27. The standard InChI is InChI=1S/C24H23N3O4S/c1-15-12-17-13-16(5-6-18(17)31-15)22(28)20-21(19-4-2-11-32-19)27(24(30)23(20)29)9-3-8-26-10-7-25-14-26/h2,4-7,10-11,13-15,21H,3,8-9,12H2,1H3,(H,28,29). The van der Waals surface area contributed by atoms with Crippen molar-refractivity contribution in [2.75, 3.05) is 6.54 Å². The highest BCUT2D eigenvalue weighted by Crippen LogP contribution is 2.41. The number of aryl methyl sites for hydroxylation is 1. The lowest BCUT2D eigenvalue weighted by Gasteiger charge is -2.26. The molecule has 2 atom stereocenters. The number of ketones is 1. The third-order valence-electron chi connectivity index (χ3n) is 5.92. The molecule has 1 aromatic carbocycles. The van der Waals surface area contributed by atoms with Gasteiger partial charge in [-0.1, -0.05) is 17.9 Å². The molecule has 164 valence electrons. The Kier molecular flexibility index (Phi) is 5.30.